The Hall–Kier alpha value is -3.91. The second kappa shape index (κ2) is 12.9. The summed E-state index contributed by atoms with van der Waals surface area (Å²) in [6.45, 7) is 6.03. The summed E-state index contributed by atoms with van der Waals surface area (Å²) in [5, 5.41) is 2.46. The van der Waals surface area contributed by atoms with Crippen LogP contribution in [0.1, 0.15) is 52.1 Å². The van der Waals surface area contributed by atoms with Gasteiger partial charge in [-0.25, -0.2) is 0 Å². The molecule has 0 aliphatic heterocycles. The lowest BCUT2D eigenvalue weighted by Crippen LogP contribution is -2.38. The van der Waals surface area contributed by atoms with Crippen LogP contribution in [0.25, 0.3) is 21.8 Å². The number of thioether (sulfide) groups is 1. The number of nitrogens with one attached hydrogen (secondary N) is 1. The molecule has 0 amide bonds. The first-order valence-electron chi connectivity index (χ1n) is 13.8. The standard InChI is InChI=1S/C34H31ClN2O4S/c1-4-37-31-15-9-23(33(39)27-8-6-5-7-21(27)2)19-28(31)29-20-24(10-16-32(29)37)34(40)30(36-41-22(3)38)17-18-42-26-13-11-25(35)12-14-26/h5-16,19-20,30,36H,4,17-18H2,1-3H3. The van der Waals surface area contributed by atoms with E-state index in [-0.39, 0.29) is 11.6 Å². The van der Waals surface area contributed by atoms with E-state index in [1.807, 2.05) is 91.9 Å². The highest BCUT2D eigenvalue weighted by atomic mass is 35.5. The smallest absolute Gasteiger partial charge is 0.321 e. The van der Waals surface area contributed by atoms with Gasteiger partial charge < -0.3 is 9.40 Å². The first kappa shape index (κ1) is 29.6. The van der Waals surface area contributed by atoms with Crippen molar-refractivity contribution in [1.29, 1.82) is 0 Å². The fraction of sp³-hybridized carbons (Fsp3) is 0.206. The number of carbonyl (C=O) groups is 3. The van der Waals surface area contributed by atoms with Gasteiger partial charge in [-0.2, -0.15) is 0 Å². The van der Waals surface area contributed by atoms with Gasteiger partial charge in [0.1, 0.15) is 6.04 Å². The fourth-order valence-corrected chi connectivity index (χ4v) is 6.19. The number of hydrogen-bond donors (Lipinski definition) is 1. The monoisotopic (exact) mass is 598 g/mol. The molecule has 0 aliphatic carbocycles. The largest absolute Gasteiger partial charge is 0.370 e. The molecule has 42 heavy (non-hydrogen) atoms. The van der Waals surface area contributed by atoms with Gasteiger partial charge in [0.25, 0.3) is 0 Å². The van der Waals surface area contributed by atoms with Crippen LogP contribution in [0.15, 0.2) is 89.8 Å². The lowest BCUT2D eigenvalue weighted by Gasteiger charge is -2.17. The molecule has 1 unspecified atom stereocenters. The number of halogens is 1. The van der Waals surface area contributed by atoms with Crippen LogP contribution in [0.4, 0.5) is 0 Å². The summed E-state index contributed by atoms with van der Waals surface area (Å²) in [7, 11) is 0. The number of carbonyl (C=O) groups excluding carboxylic acids is 3. The molecule has 8 heteroatoms. The van der Waals surface area contributed by atoms with E-state index in [9.17, 15) is 14.4 Å². The summed E-state index contributed by atoms with van der Waals surface area (Å²) in [5.41, 5.74) is 7.33. The molecule has 0 spiro atoms. The van der Waals surface area contributed by atoms with Crippen molar-refractivity contribution < 1.29 is 19.2 Å². The summed E-state index contributed by atoms with van der Waals surface area (Å²) in [5.74, 6) is -0.123. The zero-order chi connectivity index (χ0) is 29.8. The number of benzene rings is 4. The molecule has 0 fully saturated rings. The highest BCUT2D eigenvalue weighted by Gasteiger charge is 2.23. The summed E-state index contributed by atoms with van der Waals surface area (Å²) < 4.78 is 2.18. The normalized spacial score (nSPS) is 12.0. The van der Waals surface area contributed by atoms with Crippen molar-refractivity contribution in [3.63, 3.8) is 0 Å². The van der Waals surface area contributed by atoms with E-state index in [4.69, 9.17) is 16.4 Å². The van der Waals surface area contributed by atoms with Gasteiger partial charge in [0.15, 0.2) is 11.6 Å². The van der Waals surface area contributed by atoms with Crippen LogP contribution in [0, 0.1) is 6.92 Å². The van der Waals surface area contributed by atoms with E-state index in [0.29, 0.717) is 33.9 Å². The average molecular weight is 599 g/mol. The van der Waals surface area contributed by atoms with Gasteiger partial charge in [-0.1, -0.05) is 35.9 Å². The summed E-state index contributed by atoms with van der Waals surface area (Å²) in [6, 6.07) is 25.7. The van der Waals surface area contributed by atoms with Gasteiger partial charge in [0, 0.05) is 67.6 Å². The van der Waals surface area contributed by atoms with Crippen LogP contribution in [0.2, 0.25) is 5.02 Å². The Balaban J connectivity index is 1.48. The van der Waals surface area contributed by atoms with Crippen molar-refractivity contribution in [1.82, 2.24) is 10.0 Å². The van der Waals surface area contributed by atoms with Crippen LogP contribution >= 0.6 is 23.4 Å². The number of aryl methyl sites for hydroxylation is 2. The molecule has 1 N–H and O–H groups in total. The Morgan fingerprint density at radius 2 is 1.55 bits per heavy atom. The average Bonchev–Trinajstić information content (AvgIpc) is 3.31. The number of Topliss-reactive ketones (excluding diaryl/α,β-unsaturated/α-hetero) is 1. The molecule has 0 saturated heterocycles. The first-order valence-corrected chi connectivity index (χ1v) is 15.1. The molecule has 5 aromatic rings. The summed E-state index contributed by atoms with van der Waals surface area (Å²) >= 11 is 7.58. The molecule has 0 bridgehead atoms. The van der Waals surface area contributed by atoms with E-state index in [1.165, 1.54) is 6.92 Å². The Morgan fingerprint density at radius 3 is 2.19 bits per heavy atom. The summed E-state index contributed by atoms with van der Waals surface area (Å²) in [6.07, 6.45) is 0.434. The second-order valence-corrected chi connectivity index (χ2v) is 11.7. The number of rotatable bonds is 11. The third kappa shape index (κ3) is 6.28. The van der Waals surface area contributed by atoms with Crippen molar-refractivity contribution in [2.45, 2.75) is 44.7 Å². The van der Waals surface area contributed by atoms with Crippen molar-refractivity contribution in [2.75, 3.05) is 5.75 Å². The Bertz CT molecular complexity index is 1800. The lowest BCUT2D eigenvalue weighted by atomic mass is 9.97. The van der Waals surface area contributed by atoms with Gasteiger partial charge in [-0.05, 0) is 86.5 Å². The highest BCUT2D eigenvalue weighted by molar-refractivity contribution is 7.99. The lowest BCUT2D eigenvalue weighted by molar-refractivity contribution is -0.149. The molecule has 6 nitrogen and oxygen atoms in total. The molecule has 1 aromatic heterocycles. The number of nitrogens with zero attached hydrogens (tertiary/aromatic N) is 1. The van der Waals surface area contributed by atoms with E-state index in [0.717, 1.165) is 38.8 Å². The Labute approximate surface area is 254 Å². The molecule has 0 radical (unpaired) electrons. The molecule has 1 atom stereocenters. The first-order chi connectivity index (χ1) is 20.3. The highest BCUT2D eigenvalue weighted by Crippen LogP contribution is 2.32. The fourth-order valence-electron chi connectivity index (χ4n) is 5.15. The van der Waals surface area contributed by atoms with Crippen LogP contribution in [-0.4, -0.2) is 33.9 Å². The molecule has 4 aromatic carbocycles. The van der Waals surface area contributed by atoms with E-state index < -0.39 is 12.0 Å². The Morgan fingerprint density at radius 1 is 0.905 bits per heavy atom. The number of hydroxylamine groups is 1. The van der Waals surface area contributed by atoms with Crippen LogP contribution in [-0.2, 0) is 16.2 Å². The molecular weight excluding hydrogens is 568 g/mol. The van der Waals surface area contributed by atoms with Gasteiger partial charge in [-0.3, -0.25) is 14.4 Å². The van der Waals surface area contributed by atoms with E-state index in [1.54, 1.807) is 11.8 Å². The van der Waals surface area contributed by atoms with Gasteiger partial charge in [-0.15, -0.1) is 17.2 Å². The molecule has 214 valence electrons. The van der Waals surface area contributed by atoms with Crippen molar-refractivity contribution in [3.05, 3.63) is 112 Å². The SMILES string of the molecule is CCn1c2ccc(C(=O)c3ccccc3C)cc2c2cc(C(=O)C(CCSc3ccc(Cl)cc3)NOC(C)=O)ccc21. The van der Waals surface area contributed by atoms with Crippen molar-refractivity contribution in [2.24, 2.45) is 0 Å². The number of hydrogen-bond acceptors (Lipinski definition) is 6. The maximum absolute atomic E-state index is 13.8. The molecule has 5 rings (SSSR count). The number of ketones is 2. The third-order valence-corrected chi connectivity index (χ3v) is 8.57. The van der Waals surface area contributed by atoms with Crippen LogP contribution in [0.3, 0.4) is 0 Å². The number of fused-ring (bicyclic) bond motifs is 3. The molecular formula is C34H31ClN2O4S. The minimum Gasteiger partial charge on any atom is -0.370 e. The quantitative estimate of drug-likeness (QED) is 0.0949. The Kier molecular flexibility index (Phi) is 9.12. The van der Waals surface area contributed by atoms with Gasteiger partial charge >= 0.3 is 5.97 Å². The maximum atomic E-state index is 13.8. The molecule has 1 heterocycles. The van der Waals surface area contributed by atoms with Gasteiger partial charge in [0.05, 0.1) is 0 Å². The zero-order valence-electron chi connectivity index (χ0n) is 23.6. The van der Waals surface area contributed by atoms with E-state index >= 15 is 0 Å². The predicted octanol–water partition coefficient (Wildman–Crippen LogP) is 7.81. The third-order valence-electron chi connectivity index (χ3n) is 7.27. The summed E-state index contributed by atoms with van der Waals surface area (Å²) in [4.78, 5) is 44.8. The maximum Gasteiger partial charge on any atom is 0.321 e. The van der Waals surface area contributed by atoms with E-state index in [2.05, 4.69) is 17.0 Å². The second-order valence-electron chi connectivity index (χ2n) is 10.1. The zero-order valence-corrected chi connectivity index (χ0v) is 25.2. The van der Waals surface area contributed by atoms with Crippen LogP contribution < -0.4 is 5.48 Å². The molecule has 0 saturated carbocycles. The predicted molar refractivity (Wildman–Crippen MR) is 170 cm³/mol. The number of aromatic nitrogens is 1. The van der Waals surface area contributed by atoms with Crippen molar-refractivity contribution >= 4 is 62.7 Å². The van der Waals surface area contributed by atoms with Crippen molar-refractivity contribution in [3.8, 4) is 0 Å². The topological polar surface area (TPSA) is 77.4 Å². The minimum absolute atomic E-state index is 0.0385. The minimum atomic E-state index is -0.733. The van der Waals surface area contributed by atoms with Crippen LogP contribution in [0.5, 0.6) is 0 Å². The molecule has 0 aliphatic rings. The van der Waals surface area contributed by atoms with Gasteiger partial charge in [0.2, 0.25) is 0 Å².